The molecular weight excluding hydrogens is 466 g/mol. The monoisotopic (exact) mass is 491 g/mol. The number of aromatic nitrogens is 1. The Morgan fingerprint density at radius 1 is 1.03 bits per heavy atom. The molecule has 0 bridgehead atoms. The third-order valence-electron chi connectivity index (χ3n) is 6.68. The molecule has 0 saturated heterocycles. The average Bonchev–Trinajstić information content (AvgIpc) is 3.59. The highest BCUT2D eigenvalue weighted by Gasteiger charge is 2.35. The van der Waals surface area contributed by atoms with E-state index >= 15 is 0 Å². The van der Waals surface area contributed by atoms with Crippen LogP contribution in [0.5, 0.6) is 0 Å². The SMILES string of the molecule is O=C(N[C@@H]1CCC[C@@H]1C(=O)NCc1nc(C(=O)O)cs1)OCC1c2ccccc2-c2ccccc21. The van der Waals surface area contributed by atoms with Crippen LogP contribution in [0.25, 0.3) is 11.1 Å². The van der Waals surface area contributed by atoms with Gasteiger partial charge in [0, 0.05) is 17.3 Å². The number of alkyl carbamates (subject to hydrolysis) is 1. The number of carbonyl (C=O) groups excluding carboxylic acids is 2. The average molecular weight is 492 g/mol. The summed E-state index contributed by atoms with van der Waals surface area (Å²) in [5, 5.41) is 16.7. The molecule has 8 nitrogen and oxygen atoms in total. The van der Waals surface area contributed by atoms with Crippen LogP contribution in [-0.2, 0) is 16.1 Å². The Labute approximate surface area is 206 Å². The Morgan fingerprint density at radius 2 is 1.71 bits per heavy atom. The number of fused-ring (bicyclic) bond motifs is 3. The maximum atomic E-state index is 12.8. The summed E-state index contributed by atoms with van der Waals surface area (Å²) in [6.45, 7) is 0.379. The first kappa shape index (κ1) is 23.0. The molecule has 1 saturated carbocycles. The topological polar surface area (TPSA) is 118 Å². The van der Waals surface area contributed by atoms with Gasteiger partial charge >= 0.3 is 12.1 Å². The molecule has 9 heteroatoms. The van der Waals surface area contributed by atoms with Crippen molar-refractivity contribution in [1.82, 2.24) is 15.6 Å². The number of carbonyl (C=O) groups is 3. The molecule has 0 aliphatic heterocycles. The predicted octanol–water partition coefficient (Wildman–Crippen LogP) is 4.16. The number of benzene rings is 2. The number of amides is 2. The molecule has 1 aromatic heterocycles. The van der Waals surface area contributed by atoms with Crippen LogP contribution in [-0.4, -0.2) is 40.7 Å². The fourth-order valence-corrected chi connectivity index (χ4v) is 5.73. The van der Waals surface area contributed by atoms with Crippen LogP contribution in [0.4, 0.5) is 4.79 Å². The first-order chi connectivity index (χ1) is 17.0. The third kappa shape index (κ3) is 4.77. The molecule has 2 aliphatic rings. The van der Waals surface area contributed by atoms with E-state index in [4.69, 9.17) is 9.84 Å². The van der Waals surface area contributed by atoms with Gasteiger partial charge in [-0.25, -0.2) is 14.6 Å². The van der Waals surface area contributed by atoms with Gasteiger partial charge in [-0.3, -0.25) is 4.79 Å². The summed E-state index contributed by atoms with van der Waals surface area (Å²) in [6, 6.07) is 16.0. The number of carboxylic acids is 1. The van der Waals surface area contributed by atoms with Crippen LogP contribution in [0, 0.1) is 5.92 Å². The summed E-state index contributed by atoms with van der Waals surface area (Å²) in [4.78, 5) is 40.4. The first-order valence-corrected chi connectivity index (χ1v) is 12.5. The molecule has 1 heterocycles. The maximum absolute atomic E-state index is 12.8. The molecule has 180 valence electrons. The van der Waals surface area contributed by atoms with Crippen molar-refractivity contribution in [3.63, 3.8) is 0 Å². The van der Waals surface area contributed by atoms with Gasteiger partial charge < -0.3 is 20.5 Å². The number of carboxylic acid groups (broad SMARTS) is 1. The van der Waals surface area contributed by atoms with Crippen molar-refractivity contribution in [2.75, 3.05) is 6.61 Å². The van der Waals surface area contributed by atoms with E-state index in [1.165, 1.54) is 27.8 Å². The van der Waals surface area contributed by atoms with E-state index in [1.807, 2.05) is 24.3 Å². The molecule has 1 fully saturated rings. The number of hydrogen-bond donors (Lipinski definition) is 3. The lowest BCUT2D eigenvalue weighted by atomic mass is 9.98. The number of hydrogen-bond acceptors (Lipinski definition) is 6. The summed E-state index contributed by atoms with van der Waals surface area (Å²) >= 11 is 1.19. The van der Waals surface area contributed by atoms with Crippen molar-refractivity contribution in [1.29, 1.82) is 0 Å². The first-order valence-electron chi connectivity index (χ1n) is 11.6. The van der Waals surface area contributed by atoms with Crippen molar-refractivity contribution in [2.24, 2.45) is 5.92 Å². The van der Waals surface area contributed by atoms with Crippen LogP contribution in [0.15, 0.2) is 53.9 Å². The smallest absolute Gasteiger partial charge is 0.407 e. The van der Waals surface area contributed by atoms with E-state index in [0.717, 1.165) is 17.5 Å². The van der Waals surface area contributed by atoms with Crippen LogP contribution in [0.2, 0.25) is 0 Å². The fourth-order valence-electron chi connectivity index (χ4n) is 5.02. The molecule has 0 spiro atoms. The molecule has 2 aliphatic carbocycles. The van der Waals surface area contributed by atoms with Gasteiger partial charge in [0.15, 0.2) is 5.69 Å². The van der Waals surface area contributed by atoms with E-state index in [-0.39, 0.29) is 42.6 Å². The second-order valence-electron chi connectivity index (χ2n) is 8.76. The second-order valence-corrected chi connectivity index (χ2v) is 9.71. The molecule has 2 amide bonds. The minimum Gasteiger partial charge on any atom is -0.476 e. The molecule has 0 radical (unpaired) electrons. The molecule has 35 heavy (non-hydrogen) atoms. The van der Waals surface area contributed by atoms with Crippen LogP contribution >= 0.6 is 11.3 Å². The number of ether oxygens (including phenoxy) is 1. The third-order valence-corrected chi connectivity index (χ3v) is 7.53. The highest BCUT2D eigenvalue weighted by atomic mass is 32.1. The quantitative estimate of drug-likeness (QED) is 0.457. The zero-order chi connectivity index (χ0) is 24.4. The Hall–Kier alpha value is -3.72. The van der Waals surface area contributed by atoms with Gasteiger partial charge in [-0.2, -0.15) is 0 Å². The van der Waals surface area contributed by atoms with E-state index in [2.05, 4.69) is 39.9 Å². The number of thiazole rings is 1. The molecular formula is C26H25N3O5S. The van der Waals surface area contributed by atoms with E-state index in [0.29, 0.717) is 17.8 Å². The van der Waals surface area contributed by atoms with Crippen molar-refractivity contribution >= 4 is 29.3 Å². The summed E-state index contributed by atoms with van der Waals surface area (Å²) in [7, 11) is 0. The van der Waals surface area contributed by atoms with Crippen LogP contribution in [0.3, 0.4) is 0 Å². The van der Waals surface area contributed by atoms with Crippen molar-refractivity contribution in [3.8, 4) is 11.1 Å². The molecule has 2 atom stereocenters. The molecule has 3 aromatic rings. The zero-order valence-corrected chi connectivity index (χ0v) is 19.7. The lowest BCUT2D eigenvalue weighted by Crippen LogP contribution is -2.44. The lowest BCUT2D eigenvalue weighted by Gasteiger charge is -2.21. The summed E-state index contributed by atoms with van der Waals surface area (Å²) < 4.78 is 5.64. The number of rotatable bonds is 7. The van der Waals surface area contributed by atoms with Crippen LogP contribution < -0.4 is 10.6 Å². The van der Waals surface area contributed by atoms with E-state index < -0.39 is 12.1 Å². The highest BCUT2D eigenvalue weighted by Crippen LogP contribution is 2.44. The lowest BCUT2D eigenvalue weighted by molar-refractivity contribution is -0.125. The van der Waals surface area contributed by atoms with Gasteiger partial charge in [0.2, 0.25) is 5.91 Å². The summed E-state index contributed by atoms with van der Waals surface area (Å²) in [5.74, 6) is -1.67. The van der Waals surface area contributed by atoms with Crippen molar-refractivity contribution < 1.29 is 24.2 Å². The Morgan fingerprint density at radius 3 is 2.37 bits per heavy atom. The number of nitrogens with one attached hydrogen (secondary N) is 2. The van der Waals surface area contributed by atoms with Gasteiger partial charge in [-0.05, 0) is 35.1 Å². The Balaban J connectivity index is 1.16. The molecule has 0 unspecified atom stereocenters. The van der Waals surface area contributed by atoms with Crippen molar-refractivity contribution in [3.05, 3.63) is 75.7 Å². The van der Waals surface area contributed by atoms with Crippen LogP contribution in [0.1, 0.15) is 51.8 Å². The normalized spacial score (nSPS) is 18.5. The second kappa shape index (κ2) is 9.87. The Bertz CT molecular complexity index is 1230. The number of aromatic carboxylic acids is 1. The highest BCUT2D eigenvalue weighted by molar-refractivity contribution is 7.09. The molecule has 5 rings (SSSR count). The maximum Gasteiger partial charge on any atom is 0.407 e. The van der Waals surface area contributed by atoms with Gasteiger partial charge in [0.05, 0.1) is 12.5 Å². The standard InChI is InChI=1S/C26H25N3O5S/c30-24(27-12-23-28-22(14-35-23)25(31)32)19-10-5-11-21(19)29-26(33)34-13-20-17-8-3-1-6-15(17)16-7-2-4-9-18(16)20/h1-4,6-9,14,19-21H,5,10-13H2,(H,27,30)(H,29,33)(H,31,32)/t19-,21+/m0/s1. The van der Waals surface area contributed by atoms with Gasteiger partial charge in [-0.15, -0.1) is 11.3 Å². The molecule has 2 aromatic carbocycles. The van der Waals surface area contributed by atoms with Gasteiger partial charge in [-0.1, -0.05) is 55.0 Å². The minimum atomic E-state index is -1.10. The minimum absolute atomic E-state index is 0.0233. The van der Waals surface area contributed by atoms with Gasteiger partial charge in [0.1, 0.15) is 11.6 Å². The number of nitrogens with zero attached hydrogens (tertiary/aromatic N) is 1. The fraction of sp³-hybridized carbons (Fsp3) is 0.308. The summed E-state index contributed by atoms with van der Waals surface area (Å²) in [5.41, 5.74) is 4.59. The van der Waals surface area contributed by atoms with E-state index in [1.54, 1.807) is 0 Å². The Kier molecular flexibility index (Phi) is 6.50. The van der Waals surface area contributed by atoms with Gasteiger partial charge in [0.25, 0.3) is 0 Å². The zero-order valence-electron chi connectivity index (χ0n) is 18.9. The van der Waals surface area contributed by atoms with E-state index in [9.17, 15) is 14.4 Å². The predicted molar refractivity (Wildman–Crippen MR) is 130 cm³/mol. The summed E-state index contributed by atoms with van der Waals surface area (Å²) in [6.07, 6.45) is 1.66. The largest absolute Gasteiger partial charge is 0.476 e. The van der Waals surface area contributed by atoms with Crippen molar-refractivity contribution in [2.45, 2.75) is 37.8 Å². The molecule has 3 N–H and O–H groups in total.